The molecule has 36 heavy (non-hydrogen) atoms. The molecule has 196 valence electrons. The lowest BCUT2D eigenvalue weighted by molar-refractivity contribution is -0.147. The fraction of sp³-hybridized carbons (Fsp3) is 0.483. The van der Waals surface area contributed by atoms with Gasteiger partial charge in [-0.15, -0.1) is 0 Å². The summed E-state index contributed by atoms with van der Waals surface area (Å²) in [5.74, 6) is -1.49. The van der Waals surface area contributed by atoms with E-state index in [1.165, 1.54) is 32.1 Å². The van der Waals surface area contributed by atoms with Gasteiger partial charge in [0.1, 0.15) is 5.75 Å². The third kappa shape index (κ3) is 12.4. The number of benzene rings is 2. The largest absolute Gasteiger partial charge is 0.494 e. The SMILES string of the molecule is O=C(O)CCC(=O)OCCCCCCCCCCCCOc1ccc(-c2ccc(C(=O)O)cc2)cc1. The van der Waals surface area contributed by atoms with Crippen LogP contribution in [-0.2, 0) is 14.3 Å². The van der Waals surface area contributed by atoms with Crippen molar-refractivity contribution in [2.24, 2.45) is 0 Å². The van der Waals surface area contributed by atoms with Crippen LogP contribution in [0.5, 0.6) is 5.75 Å². The molecule has 2 rings (SSSR count). The van der Waals surface area contributed by atoms with Gasteiger partial charge in [-0.3, -0.25) is 9.59 Å². The van der Waals surface area contributed by atoms with E-state index in [9.17, 15) is 14.4 Å². The first kappa shape index (κ1) is 28.9. The number of carboxylic acid groups (broad SMARTS) is 2. The monoisotopic (exact) mass is 498 g/mol. The number of unbranched alkanes of at least 4 members (excludes halogenated alkanes) is 9. The summed E-state index contributed by atoms with van der Waals surface area (Å²) < 4.78 is 10.9. The Morgan fingerprint density at radius 2 is 1.06 bits per heavy atom. The minimum atomic E-state index is -0.979. The Labute approximate surface area is 213 Å². The number of aliphatic carboxylic acids is 1. The minimum Gasteiger partial charge on any atom is -0.494 e. The van der Waals surface area contributed by atoms with Crippen LogP contribution in [0.25, 0.3) is 11.1 Å². The van der Waals surface area contributed by atoms with Crippen LogP contribution < -0.4 is 4.74 Å². The van der Waals surface area contributed by atoms with Gasteiger partial charge in [0, 0.05) is 0 Å². The lowest BCUT2D eigenvalue weighted by Gasteiger charge is -2.08. The summed E-state index contributed by atoms with van der Waals surface area (Å²) in [5, 5.41) is 17.5. The van der Waals surface area contributed by atoms with Gasteiger partial charge in [0.25, 0.3) is 0 Å². The Balaban J connectivity index is 1.41. The van der Waals surface area contributed by atoms with Gasteiger partial charge in [-0.2, -0.15) is 0 Å². The van der Waals surface area contributed by atoms with Crippen molar-refractivity contribution in [2.45, 2.75) is 77.0 Å². The third-order valence-corrected chi connectivity index (χ3v) is 5.93. The number of rotatable bonds is 19. The minimum absolute atomic E-state index is 0.0529. The fourth-order valence-corrected chi connectivity index (χ4v) is 3.82. The molecule has 7 heteroatoms. The molecule has 0 unspecified atom stereocenters. The molecule has 0 atom stereocenters. The normalized spacial score (nSPS) is 10.7. The molecule has 0 aromatic heterocycles. The maximum atomic E-state index is 11.3. The van der Waals surface area contributed by atoms with E-state index >= 15 is 0 Å². The molecule has 0 amide bonds. The summed E-state index contributed by atoms with van der Waals surface area (Å²) >= 11 is 0. The topological polar surface area (TPSA) is 110 Å². The van der Waals surface area contributed by atoms with E-state index in [1.54, 1.807) is 12.1 Å². The van der Waals surface area contributed by atoms with Gasteiger partial charge in [0.15, 0.2) is 0 Å². The number of ether oxygens (including phenoxy) is 2. The number of carbonyl (C=O) groups excluding carboxylic acids is 1. The van der Waals surface area contributed by atoms with E-state index in [4.69, 9.17) is 19.7 Å². The Bertz CT molecular complexity index is 920. The van der Waals surface area contributed by atoms with Crippen molar-refractivity contribution in [3.63, 3.8) is 0 Å². The molecular formula is C29H38O7. The average molecular weight is 499 g/mol. The molecule has 2 aromatic rings. The van der Waals surface area contributed by atoms with Gasteiger partial charge in [0.05, 0.1) is 31.6 Å². The van der Waals surface area contributed by atoms with Crippen LogP contribution in [0.4, 0.5) is 0 Å². The molecule has 0 aliphatic carbocycles. The lowest BCUT2D eigenvalue weighted by atomic mass is 10.0. The van der Waals surface area contributed by atoms with E-state index in [2.05, 4.69) is 0 Å². The van der Waals surface area contributed by atoms with Crippen molar-refractivity contribution in [3.8, 4) is 16.9 Å². The predicted octanol–water partition coefficient (Wildman–Crippen LogP) is 6.74. The number of hydrogen-bond donors (Lipinski definition) is 2. The van der Waals surface area contributed by atoms with Crippen LogP contribution >= 0.6 is 0 Å². The van der Waals surface area contributed by atoms with Gasteiger partial charge in [-0.1, -0.05) is 75.6 Å². The Morgan fingerprint density at radius 3 is 1.56 bits per heavy atom. The molecule has 0 heterocycles. The molecule has 0 fully saturated rings. The third-order valence-electron chi connectivity index (χ3n) is 5.93. The molecule has 0 aliphatic rings. The van der Waals surface area contributed by atoms with E-state index in [0.29, 0.717) is 13.2 Å². The van der Waals surface area contributed by atoms with Crippen molar-refractivity contribution in [2.75, 3.05) is 13.2 Å². The van der Waals surface area contributed by atoms with Crippen LogP contribution in [0.15, 0.2) is 48.5 Å². The van der Waals surface area contributed by atoms with Crippen LogP contribution in [-0.4, -0.2) is 41.3 Å². The number of esters is 1. The first-order chi connectivity index (χ1) is 17.5. The fourth-order valence-electron chi connectivity index (χ4n) is 3.82. The van der Waals surface area contributed by atoms with Crippen molar-refractivity contribution in [1.29, 1.82) is 0 Å². The molecule has 0 aliphatic heterocycles. The Hall–Kier alpha value is -3.35. The zero-order valence-corrected chi connectivity index (χ0v) is 21.0. The number of carboxylic acids is 2. The summed E-state index contributed by atoms with van der Waals surface area (Å²) in [6, 6.07) is 14.7. The Morgan fingerprint density at radius 1 is 0.583 bits per heavy atom. The quantitative estimate of drug-likeness (QED) is 0.163. The van der Waals surface area contributed by atoms with Gasteiger partial charge >= 0.3 is 17.9 Å². The predicted molar refractivity (Wildman–Crippen MR) is 138 cm³/mol. The highest BCUT2D eigenvalue weighted by molar-refractivity contribution is 5.88. The number of hydrogen-bond acceptors (Lipinski definition) is 5. The zero-order chi connectivity index (χ0) is 26.0. The molecule has 0 saturated heterocycles. The second kappa shape index (κ2) is 17.1. The first-order valence-corrected chi connectivity index (χ1v) is 12.9. The zero-order valence-electron chi connectivity index (χ0n) is 21.0. The smallest absolute Gasteiger partial charge is 0.335 e. The summed E-state index contributed by atoms with van der Waals surface area (Å²) in [5.41, 5.74) is 2.28. The molecule has 2 aromatic carbocycles. The number of carbonyl (C=O) groups is 3. The van der Waals surface area contributed by atoms with Crippen LogP contribution in [0.3, 0.4) is 0 Å². The van der Waals surface area contributed by atoms with E-state index in [0.717, 1.165) is 49.0 Å². The second-order valence-corrected chi connectivity index (χ2v) is 8.91. The second-order valence-electron chi connectivity index (χ2n) is 8.91. The van der Waals surface area contributed by atoms with E-state index in [-0.39, 0.29) is 18.4 Å². The molecular weight excluding hydrogens is 460 g/mol. The molecule has 0 bridgehead atoms. The molecule has 0 saturated carbocycles. The summed E-state index contributed by atoms with van der Waals surface area (Å²) in [6.45, 7) is 1.08. The molecule has 2 N–H and O–H groups in total. The Kier molecular flexibility index (Phi) is 13.8. The highest BCUT2D eigenvalue weighted by atomic mass is 16.5. The van der Waals surface area contributed by atoms with Crippen LogP contribution in [0.2, 0.25) is 0 Å². The van der Waals surface area contributed by atoms with E-state index < -0.39 is 17.9 Å². The van der Waals surface area contributed by atoms with Crippen LogP contribution in [0, 0.1) is 0 Å². The van der Waals surface area contributed by atoms with Gasteiger partial charge in [0.2, 0.25) is 0 Å². The van der Waals surface area contributed by atoms with Gasteiger partial charge in [-0.25, -0.2) is 4.79 Å². The summed E-state index contributed by atoms with van der Waals surface area (Å²) in [4.78, 5) is 32.7. The maximum absolute atomic E-state index is 11.3. The van der Waals surface area contributed by atoms with Crippen molar-refractivity contribution < 1.29 is 34.1 Å². The highest BCUT2D eigenvalue weighted by Crippen LogP contribution is 2.23. The maximum Gasteiger partial charge on any atom is 0.335 e. The molecule has 0 spiro atoms. The van der Waals surface area contributed by atoms with Crippen molar-refractivity contribution in [3.05, 3.63) is 54.1 Å². The number of aromatic carboxylic acids is 1. The van der Waals surface area contributed by atoms with E-state index in [1.807, 2.05) is 36.4 Å². The average Bonchev–Trinajstić information content (AvgIpc) is 2.88. The van der Waals surface area contributed by atoms with Gasteiger partial charge in [-0.05, 0) is 48.2 Å². The van der Waals surface area contributed by atoms with Crippen molar-refractivity contribution >= 4 is 17.9 Å². The highest BCUT2D eigenvalue weighted by Gasteiger charge is 2.06. The molecule has 7 nitrogen and oxygen atoms in total. The first-order valence-electron chi connectivity index (χ1n) is 12.9. The van der Waals surface area contributed by atoms with Crippen LogP contribution in [0.1, 0.15) is 87.4 Å². The summed E-state index contributed by atoms with van der Waals surface area (Å²) in [7, 11) is 0. The molecule has 0 radical (unpaired) electrons. The lowest BCUT2D eigenvalue weighted by Crippen LogP contribution is -2.08. The standard InChI is InChI=1S/C29H38O7/c30-27(31)19-20-28(32)36-22-10-8-6-4-2-1-3-5-7-9-21-35-26-17-15-24(16-18-26)23-11-13-25(14-12-23)29(33)34/h11-18H,1-10,19-22H2,(H,30,31)(H,33,34). The van der Waals surface area contributed by atoms with Crippen molar-refractivity contribution in [1.82, 2.24) is 0 Å². The van der Waals surface area contributed by atoms with Gasteiger partial charge < -0.3 is 19.7 Å². The summed E-state index contributed by atoms with van der Waals surface area (Å²) in [6.07, 6.45) is 11.0.